The van der Waals surface area contributed by atoms with E-state index < -0.39 is 0 Å². The van der Waals surface area contributed by atoms with Crippen molar-refractivity contribution in [2.75, 3.05) is 13.1 Å². The Labute approximate surface area is 117 Å². The fourth-order valence-corrected chi connectivity index (χ4v) is 2.63. The van der Waals surface area contributed by atoms with Crippen molar-refractivity contribution in [1.82, 2.24) is 5.32 Å². The average Bonchev–Trinajstić information content (AvgIpc) is 2.75. The normalized spacial score (nSPS) is 17.6. The Morgan fingerprint density at radius 1 is 1.32 bits per heavy atom. The van der Waals surface area contributed by atoms with E-state index in [1.807, 2.05) is 0 Å². The molecule has 2 rings (SSSR count). The minimum atomic E-state index is 0.321. The first kappa shape index (κ1) is 14.4. The van der Waals surface area contributed by atoms with Crippen molar-refractivity contribution < 1.29 is 4.74 Å². The zero-order valence-corrected chi connectivity index (χ0v) is 12.5. The SMILES string of the molecule is Cc1ccc2c(c1)CC(CNCCCCC(C)C)O2. The molecule has 0 saturated carbocycles. The Kier molecular flexibility index (Phi) is 5.26. The maximum Gasteiger partial charge on any atom is 0.123 e. The molecule has 2 nitrogen and oxygen atoms in total. The lowest BCUT2D eigenvalue weighted by Gasteiger charge is -2.12. The summed E-state index contributed by atoms with van der Waals surface area (Å²) in [5.41, 5.74) is 2.69. The summed E-state index contributed by atoms with van der Waals surface area (Å²) in [6, 6.07) is 6.48. The van der Waals surface area contributed by atoms with Crippen LogP contribution in [0.4, 0.5) is 0 Å². The lowest BCUT2D eigenvalue weighted by molar-refractivity contribution is 0.227. The van der Waals surface area contributed by atoms with Crippen LogP contribution in [0.15, 0.2) is 18.2 Å². The molecule has 0 saturated heterocycles. The molecule has 1 atom stereocenters. The molecule has 1 aliphatic rings. The van der Waals surface area contributed by atoms with E-state index >= 15 is 0 Å². The third-order valence-electron chi connectivity index (χ3n) is 3.71. The Morgan fingerprint density at radius 3 is 2.95 bits per heavy atom. The molecule has 0 amide bonds. The number of rotatable bonds is 7. The lowest BCUT2D eigenvalue weighted by Crippen LogP contribution is -2.30. The first-order valence-corrected chi connectivity index (χ1v) is 7.62. The van der Waals surface area contributed by atoms with Gasteiger partial charge in [-0.15, -0.1) is 0 Å². The molecule has 1 N–H and O–H groups in total. The van der Waals surface area contributed by atoms with E-state index in [0.29, 0.717) is 6.10 Å². The van der Waals surface area contributed by atoms with Gasteiger partial charge in [0.1, 0.15) is 11.9 Å². The van der Waals surface area contributed by atoms with Gasteiger partial charge in [-0.2, -0.15) is 0 Å². The monoisotopic (exact) mass is 261 g/mol. The molecule has 0 bridgehead atoms. The van der Waals surface area contributed by atoms with Crippen molar-refractivity contribution in [1.29, 1.82) is 0 Å². The number of unbranched alkanes of at least 4 members (excludes halogenated alkanes) is 1. The number of ether oxygens (including phenoxy) is 1. The summed E-state index contributed by atoms with van der Waals surface area (Å²) in [4.78, 5) is 0. The second-order valence-corrected chi connectivity index (χ2v) is 6.15. The maximum absolute atomic E-state index is 5.94. The average molecular weight is 261 g/mol. The summed E-state index contributed by atoms with van der Waals surface area (Å²) in [6.45, 7) is 8.80. The topological polar surface area (TPSA) is 21.3 Å². The lowest BCUT2D eigenvalue weighted by atomic mass is 10.1. The second kappa shape index (κ2) is 6.95. The molecule has 0 aromatic heterocycles. The molecule has 0 radical (unpaired) electrons. The van der Waals surface area contributed by atoms with Gasteiger partial charge in [-0.1, -0.05) is 44.4 Å². The van der Waals surface area contributed by atoms with Crippen LogP contribution in [0.2, 0.25) is 0 Å². The van der Waals surface area contributed by atoms with Gasteiger partial charge in [0.05, 0.1) is 0 Å². The standard InChI is InChI=1S/C17H27NO/c1-13(2)6-4-5-9-18-12-16-11-15-10-14(3)7-8-17(15)19-16/h7-8,10,13,16,18H,4-6,9,11-12H2,1-3H3. The highest BCUT2D eigenvalue weighted by molar-refractivity contribution is 5.40. The maximum atomic E-state index is 5.94. The van der Waals surface area contributed by atoms with E-state index in [-0.39, 0.29) is 0 Å². The van der Waals surface area contributed by atoms with E-state index in [2.05, 4.69) is 44.3 Å². The van der Waals surface area contributed by atoms with Gasteiger partial charge < -0.3 is 10.1 Å². The van der Waals surface area contributed by atoms with Crippen LogP contribution in [-0.2, 0) is 6.42 Å². The van der Waals surface area contributed by atoms with E-state index in [9.17, 15) is 0 Å². The van der Waals surface area contributed by atoms with Crippen LogP contribution in [0.5, 0.6) is 5.75 Å². The summed E-state index contributed by atoms with van der Waals surface area (Å²) >= 11 is 0. The van der Waals surface area contributed by atoms with Gasteiger partial charge in [-0.3, -0.25) is 0 Å². The van der Waals surface area contributed by atoms with Crippen molar-refractivity contribution in [2.24, 2.45) is 5.92 Å². The highest BCUT2D eigenvalue weighted by atomic mass is 16.5. The van der Waals surface area contributed by atoms with Crippen molar-refractivity contribution in [3.05, 3.63) is 29.3 Å². The second-order valence-electron chi connectivity index (χ2n) is 6.15. The zero-order valence-electron chi connectivity index (χ0n) is 12.5. The largest absolute Gasteiger partial charge is 0.488 e. The van der Waals surface area contributed by atoms with Gasteiger partial charge in [0.25, 0.3) is 0 Å². The Morgan fingerprint density at radius 2 is 2.16 bits per heavy atom. The molecule has 1 aliphatic heterocycles. The van der Waals surface area contributed by atoms with E-state index in [4.69, 9.17) is 4.74 Å². The molecule has 1 aromatic rings. The molecule has 0 fully saturated rings. The number of aryl methyl sites for hydroxylation is 1. The summed E-state index contributed by atoms with van der Waals surface area (Å²) in [5, 5.41) is 3.53. The molecule has 1 unspecified atom stereocenters. The summed E-state index contributed by atoms with van der Waals surface area (Å²) in [6.07, 6.45) is 5.32. The van der Waals surface area contributed by atoms with Gasteiger partial charge in [0.15, 0.2) is 0 Å². The minimum absolute atomic E-state index is 0.321. The number of nitrogens with one attached hydrogen (secondary N) is 1. The van der Waals surface area contributed by atoms with Gasteiger partial charge >= 0.3 is 0 Å². The van der Waals surface area contributed by atoms with Crippen LogP contribution in [0.25, 0.3) is 0 Å². The Bertz CT molecular complexity index is 400. The number of benzene rings is 1. The molecular formula is C17H27NO. The Balaban J connectivity index is 1.62. The van der Waals surface area contributed by atoms with Crippen molar-refractivity contribution >= 4 is 0 Å². The fraction of sp³-hybridized carbons (Fsp3) is 0.647. The first-order chi connectivity index (χ1) is 9.15. The quantitative estimate of drug-likeness (QED) is 0.755. The van der Waals surface area contributed by atoms with Crippen LogP contribution >= 0.6 is 0 Å². The summed E-state index contributed by atoms with van der Waals surface area (Å²) < 4.78 is 5.94. The minimum Gasteiger partial charge on any atom is -0.488 e. The molecule has 0 spiro atoms. The highest BCUT2D eigenvalue weighted by Gasteiger charge is 2.21. The third kappa shape index (κ3) is 4.54. The van der Waals surface area contributed by atoms with Crippen LogP contribution in [-0.4, -0.2) is 19.2 Å². The smallest absolute Gasteiger partial charge is 0.123 e. The van der Waals surface area contributed by atoms with Crippen LogP contribution < -0.4 is 10.1 Å². The fourth-order valence-electron chi connectivity index (χ4n) is 2.63. The van der Waals surface area contributed by atoms with Crippen LogP contribution in [0.1, 0.15) is 44.2 Å². The Hall–Kier alpha value is -1.02. The van der Waals surface area contributed by atoms with Gasteiger partial charge in [-0.05, 0) is 37.4 Å². The molecule has 0 aliphatic carbocycles. The van der Waals surface area contributed by atoms with Crippen molar-refractivity contribution in [3.8, 4) is 5.75 Å². The summed E-state index contributed by atoms with van der Waals surface area (Å²) in [7, 11) is 0. The third-order valence-corrected chi connectivity index (χ3v) is 3.71. The summed E-state index contributed by atoms with van der Waals surface area (Å²) in [5.74, 6) is 1.91. The highest BCUT2D eigenvalue weighted by Crippen LogP contribution is 2.29. The van der Waals surface area contributed by atoms with Gasteiger partial charge in [-0.25, -0.2) is 0 Å². The van der Waals surface area contributed by atoms with E-state index in [1.165, 1.54) is 30.4 Å². The number of fused-ring (bicyclic) bond motifs is 1. The molecule has 2 heteroatoms. The number of hydrogen-bond acceptors (Lipinski definition) is 2. The number of hydrogen-bond donors (Lipinski definition) is 1. The van der Waals surface area contributed by atoms with Gasteiger partial charge in [0, 0.05) is 13.0 Å². The predicted molar refractivity (Wildman–Crippen MR) is 80.9 cm³/mol. The van der Waals surface area contributed by atoms with Gasteiger partial charge in [0.2, 0.25) is 0 Å². The van der Waals surface area contributed by atoms with E-state index in [1.54, 1.807) is 0 Å². The zero-order chi connectivity index (χ0) is 13.7. The molecule has 19 heavy (non-hydrogen) atoms. The molecule has 106 valence electrons. The van der Waals surface area contributed by atoms with Crippen LogP contribution in [0, 0.1) is 12.8 Å². The van der Waals surface area contributed by atoms with Crippen LogP contribution in [0.3, 0.4) is 0 Å². The first-order valence-electron chi connectivity index (χ1n) is 7.62. The van der Waals surface area contributed by atoms with E-state index in [0.717, 1.165) is 31.2 Å². The predicted octanol–water partition coefficient (Wildman–Crippen LogP) is 3.71. The molecular weight excluding hydrogens is 234 g/mol. The molecule has 1 aromatic carbocycles. The van der Waals surface area contributed by atoms with Crippen molar-refractivity contribution in [3.63, 3.8) is 0 Å². The molecule has 1 heterocycles. The van der Waals surface area contributed by atoms with Crippen molar-refractivity contribution in [2.45, 2.75) is 52.6 Å².